The molecule has 0 saturated heterocycles. The molecule has 0 aromatic heterocycles. The topological polar surface area (TPSA) is 27.7 Å². The van der Waals surface area contributed by atoms with Crippen LogP contribution in [0.5, 0.6) is 11.5 Å². The van der Waals surface area contributed by atoms with Gasteiger partial charge in [-0.3, -0.25) is 0 Å². The molecule has 0 unspecified atom stereocenters. The van der Waals surface area contributed by atoms with Crippen molar-refractivity contribution < 1.29 is 35.7 Å². The molecule has 0 atom stereocenters. The number of ether oxygens (including phenoxy) is 3. The van der Waals surface area contributed by atoms with Gasteiger partial charge >= 0.3 is 0 Å². The smallest absolute Gasteiger partial charge is 0.119 e. The number of halogens is 2. The van der Waals surface area contributed by atoms with Gasteiger partial charge in [0.15, 0.2) is 0 Å². The zero-order valence-electron chi connectivity index (χ0n) is 26.9. The van der Waals surface area contributed by atoms with Crippen LogP contribution in [0.3, 0.4) is 0 Å². The van der Waals surface area contributed by atoms with Crippen LogP contribution in [-0.2, 0) is 16.7 Å². The first-order valence-corrected chi connectivity index (χ1v) is 16.4. The van der Waals surface area contributed by atoms with Gasteiger partial charge in [-0.25, -0.2) is 0 Å². The number of hydrogen-bond acceptors (Lipinski definition) is 3. The molecule has 2 rings (SSSR count). The van der Waals surface area contributed by atoms with Crippen LogP contribution in [-0.4, -0.2) is 56.9 Å². The molecular weight excluding hydrogens is 642 g/mol. The Morgan fingerprint density at radius 2 is 1.20 bits per heavy atom. The van der Waals surface area contributed by atoms with Crippen molar-refractivity contribution >= 4 is 15.9 Å². The van der Waals surface area contributed by atoms with E-state index in [0.717, 1.165) is 53.9 Å². The van der Waals surface area contributed by atoms with E-state index in [0.29, 0.717) is 25.2 Å². The molecule has 6 heteroatoms. The lowest BCUT2D eigenvalue weighted by molar-refractivity contribution is -0.904. The Morgan fingerprint density at radius 3 is 1.78 bits per heavy atom. The van der Waals surface area contributed by atoms with Crippen molar-refractivity contribution in [3.63, 3.8) is 0 Å². The fourth-order valence-corrected chi connectivity index (χ4v) is 5.82. The molecule has 0 aliphatic rings. The summed E-state index contributed by atoms with van der Waals surface area (Å²) >= 11 is 3.50. The summed E-state index contributed by atoms with van der Waals surface area (Å²) < 4.78 is 18.7. The second-order valence-electron chi connectivity index (χ2n) is 13.7. The Hall–Kier alpha value is -1.08. The summed E-state index contributed by atoms with van der Waals surface area (Å²) in [5.41, 5.74) is 3.12. The van der Waals surface area contributed by atoms with E-state index in [4.69, 9.17) is 14.2 Å². The minimum Gasteiger partial charge on any atom is -1.00 e. The molecule has 4 nitrogen and oxygen atoms in total. The second-order valence-corrected chi connectivity index (χ2v) is 14.5. The number of unbranched alkanes of at least 4 members (excludes halogenated alkanes) is 5. The lowest BCUT2D eigenvalue weighted by atomic mass is 9.72. The monoisotopic (exact) mass is 697 g/mol. The average Bonchev–Trinajstić information content (AvgIpc) is 2.87. The van der Waals surface area contributed by atoms with Gasteiger partial charge in [0.1, 0.15) is 31.2 Å². The predicted octanol–water partition coefficient (Wildman–Crippen LogP) is 6.19. The van der Waals surface area contributed by atoms with Crippen molar-refractivity contribution in [2.75, 3.05) is 52.4 Å². The van der Waals surface area contributed by atoms with Crippen LogP contribution < -0.4 is 26.5 Å². The van der Waals surface area contributed by atoms with Crippen molar-refractivity contribution in [2.24, 2.45) is 5.41 Å². The van der Waals surface area contributed by atoms with Gasteiger partial charge in [-0.1, -0.05) is 88.4 Å². The first kappa shape index (κ1) is 37.9. The number of quaternary nitrogens is 1. The van der Waals surface area contributed by atoms with Crippen molar-refractivity contribution in [1.82, 2.24) is 0 Å². The summed E-state index contributed by atoms with van der Waals surface area (Å²) in [4.78, 5) is 0. The van der Waals surface area contributed by atoms with E-state index in [1.54, 1.807) is 0 Å². The van der Waals surface area contributed by atoms with E-state index < -0.39 is 0 Å². The molecule has 2 aromatic rings. The minimum absolute atomic E-state index is 0. The highest BCUT2D eigenvalue weighted by atomic mass is 79.9. The van der Waals surface area contributed by atoms with Gasteiger partial charge < -0.3 is 35.7 Å². The van der Waals surface area contributed by atoms with Crippen molar-refractivity contribution in [3.05, 3.63) is 59.7 Å². The Kier molecular flexibility index (Phi) is 17.8. The van der Waals surface area contributed by atoms with Gasteiger partial charge in [0, 0.05) is 10.9 Å². The van der Waals surface area contributed by atoms with Gasteiger partial charge in [0.05, 0.1) is 33.9 Å². The highest BCUT2D eigenvalue weighted by Gasteiger charge is 2.27. The Morgan fingerprint density at radius 1 is 0.659 bits per heavy atom. The summed E-state index contributed by atoms with van der Waals surface area (Å²) in [7, 11) is 4.51. The van der Waals surface area contributed by atoms with Crippen LogP contribution in [0.1, 0.15) is 90.7 Å². The molecule has 0 N–H and O–H groups in total. The molecule has 0 fully saturated rings. The Bertz CT molecular complexity index is 937. The van der Waals surface area contributed by atoms with Gasteiger partial charge in [-0.15, -0.1) is 0 Å². The molecule has 0 bridgehead atoms. The summed E-state index contributed by atoms with van der Waals surface area (Å²) in [6.07, 6.45) is 8.78. The fourth-order valence-electron chi connectivity index (χ4n) is 5.42. The quantitative estimate of drug-likeness (QED) is 0.0938. The van der Waals surface area contributed by atoms with E-state index in [1.165, 1.54) is 43.2 Å². The fraction of sp³-hybridized carbons (Fsp3) is 0.657. The summed E-state index contributed by atoms with van der Waals surface area (Å²) in [6.45, 7) is 16.2. The van der Waals surface area contributed by atoms with Crippen molar-refractivity contribution in [1.29, 1.82) is 0 Å². The minimum atomic E-state index is 0. The molecular formula is C35H57Br2NO3. The zero-order chi connectivity index (χ0) is 29.5. The molecule has 234 valence electrons. The molecule has 0 radical (unpaired) electrons. The van der Waals surface area contributed by atoms with E-state index in [9.17, 15) is 0 Å². The summed E-state index contributed by atoms with van der Waals surface area (Å²) in [5, 5.41) is 1.12. The third-order valence-corrected chi connectivity index (χ3v) is 7.84. The third kappa shape index (κ3) is 17.0. The molecule has 0 spiro atoms. The van der Waals surface area contributed by atoms with E-state index in [1.807, 2.05) is 0 Å². The van der Waals surface area contributed by atoms with Crippen LogP contribution in [0.15, 0.2) is 48.5 Å². The van der Waals surface area contributed by atoms with Crippen molar-refractivity contribution in [3.8, 4) is 11.5 Å². The van der Waals surface area contributed by atoms with Gasteiger partial charge in [-0.2, -0.15) is 0 Å². The number of likely N-dealkylation sites (N-methyl/N-ethyl adjacent to an activating group) is 1. The predicted molar refractivity (Wildman–Crippen MR) is 174 cm³/mol. The second kappa shape index (κ2) is 19.2. The van der Waals surface area contributed by atoms with Crippen LogP contribution >= 0.6 is 15.9 Å². The van der Waals surface area contributed by atoms with Crippen LogP contribution in [0.2, 0.25) is 0 Å². The lowest BCUT2D eigenvalue weighted by Crippen LogP contribution is -3.00. The van der Waals surface area contributed by atoms with Crippen molar-refractivity contribution in [2.45, 2.75) is 91.5 Å². The molecule has 0 aliphatic heterocycles. The zero-order valence-corrected chi connectivity index (χ0v) is 30.1. The maximum Gasteiger partial charge on any atom is 0.119 e. The summed E-state index contributed by atoms with van der Waals surface area (Å²) in [5.74, 6) is 1.88. The molecule has 2 aromatic carbocycles. The highest BCUT2D eigenvalue weighted by molar-refractivity contribution is 9.09. The molecule has 0 amide bonds. The molecule has 41 heavy (non-hydrogen) atoms. The SMILES string of the molecule is CC(C)(C)CC(C)(C)c1ccc(OCCOCC[N+](C)(C)Cc2ccc(OCCCCCCCCBr)cc2)cc1.[Br-]. The number of hydrogen-bond donors (Lipinski definition) is 0. The maximum absolute atomic E-state index is 5.95. The largest absolute Gasteiger partial charge is 1.00 e. The van der Waals surface area contributed by atoms with Gasteiger partial charge in [-0.05, 0) is 72.1 Å². The molecule has 0 saturated carbocycles. The number of alkyl halides is 1. The Balaban J connectivity index is 0.00000840. The van der Waals surface area contributed by atoms with E-state index in [-0.39, 0.29) is 22.4 Å². The van der Waals surface area contributed by atoms with Gasteiger partial charge in [0.25, 0.3) is 0 Å². The van der Waals surface area contributed by atoms with E-state index >= 15 is 0 Å². The van der Waals surface area contributed by atoms with Crippen LogP contribution in [0.4, 0.5) is 0 Å². The first-order valence-electron chi connectivity index (χ1n) is 15.3. The van der Waals surface area contributed by atoms with E-state index in [2.05, 4.69) is 113 Å². The standard InChI is InChI=1S/C35H57BrNO3.BrH/c1-34(2,3)29-35(4,5)31-16-20-33(21-17-31)40-27-26-38-25-23-37(6,7)28-30-14-18-32(19-15-30)39-24-13-11-9-8-10-12-22-36;/h14-21H,8-13,22-29H2,1-7H3;1H/q+1;/p-1. The summed E-state index contributed by atoms with van der Waals surface area (Å²) in [6, 6.07) is 17.2. The first-order chi connectivity index (χ1) is 18.9. The van der Waals surface area contributed by atoms with Gasteiger partial charge in [0.2, 0.25) is 0 Å². The average molecular weight is 700 g/mol. The number of rotatable bonds is 20. The number of nitrogens with zero attached hydrogens (tertiary/aromatic N) is 1. The van der Waals surface area contributed by atoms with Crippen LogP contribution in [0, 0.1) is 5.41 Å². The number of benzene rings is 2. The third-order valence-electron chi connectivity index (χ3n) is 7.28. The molecule has 0 heterocycles. The normalized spacial score (nSPS) is 12.2. The van der Waals surface area contributed by atoms with Crippen LogP contribution in [0.25, 0.3) is 0 Å². The Labute approximate surface area is 271 Å². The molecule has 0 aliphatic carbocycles. The lowest BCUT2D eigenvalue weighted by Gasteiger charge is -2.33. The maximum atomic E-state index is 5.95. The highest BCUT2D eigenvalue weighted by Crippen LogP contribution is 2.36.